The van der Waals surface area contributed by atoms with Gasteiger partial charge in [-0.1, -0.05) is 12.1 Å². The van der Waals surface area contributed by atoms with E-state index in [1.165, 1.54) is 14.2 Å². The summed E-state index contributed by atoms with van der Waals surface area (Å²) in [6.07, 6.45) is -6.19. The van der Waals surface area contributed by atoms with E-state index in [-0.39, 0.29) is 11.7 Å². The Kier molecular flexibility index (Phi) is 6.82. The fraction of sp³-hybridized carbons (Fsp3) is 0.478. The predicted octanol–water partition coefficient (Wildman–Crippen LogP) is 0.307. The highest BCUT2D eigenvalue weighted by atomic mass is 16.7. The van der Waals surface area contributed by atoms with Crippen molar-refractivity contribution in [2.24, 2.45) is 0 Å². The number of ether oxygens (including phenoxy) is 5. The lowest BCUT2D eigenvalue weighted by Crippen LogP contribution is -2.60. The number of hydrogen-bond acceptors (Lipinski definition) is 10. The third-order valence-electron chi connectivity index (χ3n) is 6.03. The van der Waals surface area contributed by atoms with Crippen LogP contribution in [0.1, 0.15) is 17.0 Å². The Morgan fingerprint density at radius 3 is 2.48 bits per heavy atom. The lowest BCUT2D eigenvalue weighted by Gasteiger charge is -2.39. The first-order valence-electron chi connectivity index (χ1n) is 10.5. The second-order valence-corrected chi connectivity index (χ2v) is 8.04. The number of methoxy groups -OCH3 is 2. The van der Waals surface area contributed by atoms with E-state index in [1.54, 1.807) is 18.2 Å². The number of rotatable bonds is 6. The van der Waals surface area contributed by atoms with Crippen molar-refractivity contribution in [3.05, 3.63) is 41.5 Å². The van der Waals surface area contributed by atoms with Gasteiger partial charge in [-0.15, -0.1) is 0 Å². The molecular weight excluding hydrogens is 436 g/mol. The van der Waals surface area contributed by atoms with Gasteiger partial charge in [0.1, 0.15) is 35.9 Å². The summed E-state index contributed by atoms with van der Waals surface area (Å²) < 4.78 is 27.6. The van der Waals surface area contributed by atoms with Gasteiger partial charge in [0.15, 0.2) is 11.5 Å². The van der Waals surface area contributed by atoms with E-state index in [9.17, 15) is 25.5 Å². The molecule has 0 saturated carbocycles. The molecule has 1 fully saturated rings. The molecular formula is C23H28O10. The number of hydrogen-bond donors (Lipinski definition) is 5. The molecule has 180 valence electrons. The van der Waals surface area contributed by atoms with Gasteiger partial charge in [-0.2, -0.15) is 0 Å². The number of aliphatic hydroxyl groups is 4. The largest absolute Gasteiger partial charge is 0.502 e. The molecule has 0 amide bonds. The molecule has 2 aromatic rings. The van der Waals surface area contributed by atoms with Crippen LogP contribution in [-0.4, -0.2) is 83.7 Å². The zero-order valence-corrected chi connectivity index (χ0v) is 18.2. The van der Waals surface area contributed by atoms with Crippen LogP contribution in [-0.2, 0) is 11.2 Å². The highest BCUT2D eigenvalue weighted by Crippen LogP contribution is 2.44. The van der Waals surface area contributed by atoms with E-state index in [0.717, 1.165) is 11.1 Å². The SMILES string of the molecule is COc1ccc([C@H]2COc3cc(O[C@@H]4O[C@H](CO)[C@@H](O)[C@H](O)[C@H]4O)ccc3C2)c(OC)c1O. The number of aromatic hydroxyl groups is 1. The monoisotopic (exact) mass is 464 g/mol. The number of phenolic OH excluding ortho intramolecular Hbond substituents is 1. The quantitative estimate of drug-likeness (QED) is 0.405. The Balaban J connectivity index is 1.50. The predicted molar refractivity (Wildman–Crippen MR) is 114 cm³/mol. The summed E-state index contributed by atoms with van der Waals surface area (Å²) in [7, 11) is 2.95. The summed E-state index contributed by atoms with van der Waals surface area (Å²) >= 11 is 0. The van der Waals surface area contributed by atoms with Crippen molar-refractivity contribution in [1.82, 2.24) is 0 Å². The fourth-order valence-corrected chi connectivity index (χ4v) is 4.19. The Morgan fingerprint density at radius 1 is 1.00 bits per heavy atom. The van der Waals surface area contributed by atoms with E-state index in [4.69, 9.17) is 23.7 Å². The molecule has 5 N–H and O–H groups in total. The van der Waals surface area contributed by atoms with Crippen LogP contribution in [0.4, 0.5) is 0 Å². The van der Waals surface area contributed by atoms with Crippen LogP contribution >= 0.6 is 0 Å². The van der Waals surface area contributed by atoms with Crippen molar-refractivity contribution in [2.45, 2.75) is 43.0 Å². The molecule has 2 aromatic carbocycles. The maximum absolute atomic E-state index is 10.4. The molecule has 10 heteroatoms. The molecule has 4 rings (SSSR count). The van der Waals surface area contributed by atoms with Crippen LogP contribution in [0.25, 0.3) is 0 Å². The minimum Gasteiger partial charge on any atom is -0.502 e. The number of fused-ring (bicyclic) bond motifs is 1. The van der Waals surface area contributed by atoms with Crippen LogP contribution in [0.15, 0.2) is 30.3 Å². The van der Waals surface area contributed by atoms with E-state index < -0.39 is 37.3 Å². The first-order valence-corrected chi connectivity index (χ1v) is 10.5. The molecule has 1 saturated heterocycles. The molecule has 2 aliphatic rings. The van der Waals surface area contributed by atoms with Gasteiger partial charge in [0, 0.05) is 17.5 Å². The van der Waals surface area contributed by atoms with Crippen LogP contribution in [0.2, 0.25) is 0 Å². The normalized spacial score (nSPS) is 29.0. The molecule has 2 aliphatic heterocycles. The highest BCUT2D eigenvalue weighted by molar-refractivity contribution is 5.56. The van der Waals surface area contributed by atoms with Crippen LogP contribution in [0.3, 0.4) is 0 Å². The van der Waals surface area contributed by atoms with E-state index in [1.807, 2.05) is 12.1 Å². The van der Waals surface area contributed by atoms with Crippen molar-refractivity contribution < 1.29 is 49.2 Å². The summed E-state index contributed by atoms with van der Waals surface area (Å²) in [6.45, 7) is -0.206. The molecule has 0 aromatic heterocycles. The van der Waals surface area contributed by atoms with Gasteiger partial charge in [0.2, 0.25) is 12.0 Å². The second kappa shape index (κ2) is 9.62. The minimum absolute atomic E-state index is 0.0634. The third-order valence-corrected chi connectivity index (χ3v) is 6.03. The summed E-state index contributed by atoms with van der Waals surface area (Å²) in [5.41, 5.74) is 1.70. The van der Waals surface area contributed by atoms with Crippen LogP contribution in [0, 0.1) is 0 Å². The first kappa shape index (κ1) is 23.4. The summed E-state index contributed by atoms with van der Waals surface area (Å²) in [4.78, 5) is 0. The average molecular weight is 464 g/mol. The van der Waals surface area contributed by atoms with E-state index in [0.29, 0.717) is 36.0 Å². The molecule has 0 spiro atoms. The molecule has 10 nitrogen and oxygen atoms in total. The maximum Gasteiger partial charge on any atom is 0.229 e. The average Bonchev–Trinajstić information content (AvgIpc) is 2.83. The van der Waals surface area contributed by atoms with Gasteiger partial charge in [0.05, 0.1) is 27.4 Å². The zero-order chi connectivity index (χ0) is 23.7. The van der Waals surface area contributed by atoms with Gasteiger partial charge in [-0.3, -0.25) is 0 Å². The fourth-order valence-electron chi connectivity index (χ4n) is 4.19. The lowest BCUT2D eigenvalue weighted by atomic mass is 9.89. The molecule has 6 atom stereocenters. The second-order valence-electron chi connectivity index (χ2n) is 8.04. The Hall–Kier alpha value is -2.76. The maximum atomic E-state index is 10.4. The third kappa shape index (κ3) is 4.40. The van der Waals surface area contributed by atoms with Gasteiger partial charge >= 0.3 is 0 Å². The molecule has 0 aliphatic carbocycles. The topological polar surface area (TPSA) is 147 Å². The summed E-state index contributed by atoms with van der Waals surface area (Å²) in [6, 6.07) is 8.66. The first-order chi connectivity index (χ1) is 15.9. The molecule has 33 heavy (non-hydrogen) atoms. The van der Waals surface area contributed by atoms with Gasteiger partial charge in [0.25, 0.3) is 0 Å². The van der Waals surface area contributed by atoms with E-state index in [2.05, 4.69) is 0 Å². The minimum atomic E-state index is -1.52. The molecule has 0 unspecified atom stereocenters. The standard InChI is InChI=1S/C23H28O10/c1-29-15-6-5-14(22(30-2)19(15)26)12-7-11-3-4-13(8-16(11)31-10-12)32-23-21(28)20(27)18(25)17(9-24)33-23/h3-6,8,12,17-18,20-21,23-28H,7,9-10H2,1-2H3/t12-,17-,18-,20+,21-,23-/m1/s1. The van der Waals surface area contributed by atoms with Crippen molar-refractivity contribution in [2.75, 3.05) is 27.4 Å². The number of phenols is 1. The molecule has 0 radical (unpaired) electrons. The van der Waals surface area contributed by atoms with Gasteiger partial charge in [-0.05, 0) is 24.1 Å². The Morgan fingerprint density at radius 2 is 1.79 bits per heavy atom. The summed E-state index contributed by atoms with van der Waals surface area (Å²) in [5, 5.41) is 49.7. The lowest BCUT2D eigenvalue weighted by molar-refractivity contribution is -0.277. The number of benzene rings is 2. The van der Waals surface area contributed by atoms with E-state index >= 15 is 0 Å². The highest BCUT2D eigenvalue weighted by Gasteiger charge is 2.44. The Labute approximate surface area is 190 Å². The Bertz CT molecular complexity index is 978. The van der Waals surface area contributed by atoms with Crippen molar-refractivity contribution in [1.29, 1.82) is 0 Å². The molecule has 0 bridgehead atoms. The molecule has 2 heterocycles. The van der Waals surface area contributed by atoms with Crippen molar-refractivity contribution >= 4 is 0 Å². The van der Waals surface area contributed by atoms with Crippen molar-refractivity contribution in [3.8, 4) is 28.7 Å². The smallest absolute Gasteiger partial charge is 0.229 e. The van der Waals surface area contributed by atoms with Gasteiger partial charge in [-0.25, -0.2) is 0 Å². The van der Waals surface area contributed by atoms with Crippen LogP contribution < -0.4 is 18.9 Å². The summed E-state index contributed by atoms with van der Waals surface area (Å²) in [5.74, 6) is 1.45. The number of aliphatic hydroxyl groups excluding tert-OH is 4. The zero-order valence-electron chi connectivity index (χ0n) is 18.2. The van der Waals surface area contributed by atoms with Crippen molar-refractivity contribution in [3.63, 3.8) is 0 Å². The van der Waals surface area contributed by atoms with Crippen LogP contribution in [0.5, 0.6) is 28.7 Å². The van der Waals surface area contributed by atoms with Gasteiger partial charge < -0.3 is 49.2 Å².